The number of carbonyl (C=O) groups excluding carboxylic acids is 1. The van der Waals surface area contributed by atoms with E-state index >= 15 is 0 Å². The van der Waals surface area contributed by atoms with E-state index in [9.17, 15) is 4.79 Å². The van der Waals surface area contributed by atoms with Gasteiger partial charge in [-0.25, -0.2) is 0 Å². The highest BCUT2D eigenvalue weighted by atomic mass is 32.2. The van der Waals surface area contributed by atoms with Crippen LogP contribution in [0.25, 0.3) is 0 Å². The zero-order valence-electron chi connectivity index (χ0n) is 13.3. The van der Waals surface area contributed by atoms with Crippen LogP contribution in [0.2, 0.25) is 0 Å². The molecule has 0 aliphatic rings. The number of nitrogens with one attached hydrogen (secondary N) is 1. The maximum Gasteiger partial charge on any atom is 0.252 e. The first-order valence-corrected chi connectivity index (χ1v) is 7.94. The van der Waals surface area contributed by atoms with Gasteiger partial charge in [0.2, 0.25) is 0 Å². The van der Waals surface area contributed by atoms with Crippen LogP contribution in [0.4, 0.5) is 0 Å². The molecule has 0 spiro atoms. The molecule has 0 aliphatic carbocycles. The van der Waals surface area contributed by atoms with Gasteiger partial charge in [-0.15, -0.1) is 0 Å². The Hall–Kier alpha value is -1.94. The molecule has 1 N–H and O–H groups in total. The molecule has 0 fully saturated rings. The minimum Gasteiger partial charge on any atom is -0.497 e. The molecule has 0 unspecified atom stereocenters. The lowest BCUT2D eigenvalue weighted by molar-refractivity contribution is 0.0916. The highest BCUT2D eigenvalue weighted by Gasteiger charge is 2.18. The fourth-order valence-corrected chi connectivity index (χ4v) is 2.87. The summed E-state index contributed by atoms with van der Waals surface area (Å²) >= 11 is 1.57. The summed E-state index contributed by atoms with van der Waals surface area (Å²) < 4.78 is 5.16. The van der Waals surface area contributed by atoms with Crippen LogP contribution in [0.3, 0.4) is 0 Å². The van der Waals surface area contributed by atoms with Gasteiger partial charge in [0.15, 0.2) is 0 Å². The topological polar surface area (TPSA) is 38.3 Å². The lowest BCUT2D eigenvalue weighted by atomic mass is 10.1. The summed E-state index contributed by atoms with van der Waals surface area (Å²) in [6.45, 7) is 5.93. The van der Waals surface area contributed by atoms with Gasteiger partial charge in [-0.2, -0.15) is 0 Å². The Morgan fingerprint density at radius 1 is 1.05 bits per heavy atom. The van der Waals surface area contributed by atoms with Crippen molar-refractivity contribution in [3.63, 3.8) is 0 Å². The molecule has 4 heteroatoms. The summed E-state index contributed by atoms with van der Waals surface area (Å²) in [5.41, 5.74) is 0.438. The van der Waals surface area contributed by atoms with Crippen LogP contribution in [0.1, 0.15) is 31.1 Å². The first-order valence-electron chi connectivity index (χ1n) is 7.12. The van der Waals surface area contributed by atoms with E-state index in [2.05, 4.69) is 5.32 Å². The molecule has 3 nitrogen and oxygen atoms in total. The van der Waals surface area contributed by atoms with Crippen molar-refractivity contribution >= 4 is 17.7 Å². The van der Waals surface area contributed by atoms with Crippen LogP contribution in [0, 0.1) is 0 Å². The van der Waals surface area contributed by atoms with Crippen LogP contribution in [-0.4, -0.2) is 18.6 Å². The van der Waals surface area contributed by atoms with Crippen molar-refractivity contribution in [3.05, 3.63) is 54.1 Å². The molecule has 0 bridgehead atoms. The van der Waals surface area contributed by atoms with Crippen LogP contribution in [0.15, 0.2) is 58.3 Å². The lowest BCUT2D eigenvalue weighted by Gasteiger charge is -2.21. The molecular weight excluding hydrogens is 294 g/mol. The monoisotopic (exact) mass is 315 g/mol. The second kappa shape index (κ2) is 6.88. The average Bonchev–Trinajstić information content (AvgIpc) is 2.47. The number of methoxy groups -OCH3 is 1. The fourth-order valence-electron chi connectivity index (χ4n) is 1.92. The third kappa shape index (κ3) is 4.53. The molecule has 2 aromatic rings. The minimum atomic E-state index is -0.255. The Kier molecular flexibility index (Phi) is 5.14. The van der Waals surface area contributed by atoms with Gasteiger partial charge in [-0.3, -0.25) is 4.79 Å². The van der Waals surface area contributed by atoms with Gasteiger partial charge < -0.3 is 10.1 Å². The van der Waals surface area contributed by atoms with E-state index in [1.165, 1.54) is 0 Å². The second-order valence-electron chi connectivity index (χ2n) is 5.98. The molecule has 0 saturated carbocycles. The molecule has 2 aromatic carbocycles. The molecule has 0 saturated heterocycles. The smallest absolute Gasteiger partial charge is 0.252 e. The van der Waals surface area contributed by atoms with Crippen molar-refractivity contribution in [2.24, 2.45) is 0 Å². The summed E-state index contributed by atoms with van der Waals surface area (Å²) in [5.74, 6) is 0.771. The molecule has 2 rings (SSSR count). The quantitative estimate of drug-likeness (QED) is 0.910. The molecule has 0 aliphatic heterocycles. The Balaban J connectivity index is 2.22. The van der Waals surface area contributed by atoms with Crippen molar-refractivity contribution in [3.8, 4) is 5.75 Å². The number of hydrogen-bond donors (Lipinski definition) is 1. The standard InChI is InChI=1S/C18H21NO2S/c1-18(2,3)19-17(20)15-7-5-6-8-16(15)22-14-11-9-13(21-4)10-12-14/h5-12H,1-4H3,(H,19,20). The van der Waals surface area contributed by atoms with Crippen LogP contribution < -0.4 is 10.1 Å². The van der Waals surface area contributed by atoms with Gasteiger partial charge >= 0.3 is 0 Å². The largest absolute Gasteiger partial charge is 0.497 e. The van der Waals surface area contributed by atoms with E-state index in [0.717, 1.165) is 15.5 Å². The summed E-state index contributed by atoms with van der Waals surface area (Å²) in [4.78, 5) is 14.4. The fraction of sp³-hybridized carbons (Fsp3) is 0.278. The summed E-state index contributed by atoms with van der Waals surface area (Å²) in [7, 11) is 1.65. The third-order valence-electron chi connectivity index (χ3n) is 2.91. The normalized spacial score (nSPS) is 11.1. The maximum absolute atomic E-state index is 12.4. The minimum absolute atomic E-state index is 0.0517. The Morgan fingerprint density at radius 2 is 1.68 bits per heavy atom. The van der Waals surface area contributed by atoms with Crippen LogP contribution in [0.5, 0.6) is 5.75 Å². The maximum atomic E-state index is 12.4. The van der Waals surface area contributed by atoms with Crippen molar-refractivity contribution in [1.29, 1.82) is 0 Å². The predicted molar refractivity (Wildman–Crippen MR) is 90.8 cm³/mol. The third-order valence-corrected chi connectivity index (χ3v) is 3.99. The van der Waals surface area contributed by atoms with Gasteiger partial charge in [-0.05, 0) is 57.2 Å². The first-order chi connectivity index (χ1) is 10.4. The van der Waals surface area contributed by atoms with Crippen molar-refractivity contribution in [2.45, 2.75) is 36.1 Å². The lowest BCUT2D eigenvalue weighted by Crippen LogP contribution is -2.40. The number of benzene rings is 2. The number of hydrogen-bond acceptors (Lipinski definition) is 3. The van der Waals surface area contributed by atoms with Crippen LogP contribution >= 0.6 is 11.8 Å². The molecule has 116 valence electrons. The highest BCUT2D eigenvalue weighted by molar-refractivity contribution is 7.99. The SMILES string of the molecule is COc1ccc(Sc2ccccc2C(=O)NC(C)(C)C)cc1. The van der Waals surface area contributed by atoms with Gasteiger partial charge in [0.1, 0.15) is 5.75 Å². The number of carbonyl (C=O) groups is 1. The van der Waals surface area contributed by atoms with Gasteiger partial charge in [0.05, 0.1) is 12.7 Å². The molecule has 1 amide bonds. The van der Waals surface area contributed by atoms with E-state index in [0.29, 0.717) is 5.56 Å². The van der Waals surface area contributed by atoms with Gasteiger partial charge in [0, 0.05) is 15.3 Å². The van der Waals surface area contributed by atoms with Crippen LogP contribution in [-0.2, 0) is 0 Å². The molecular formula is C18H21NO2S. The van der Waals surface area contributed by atoms with E-state index in [4.69, 9.17) is 4.74 Å². The Labute approximate surface area is 136 Å². The molecule has 0 atom stereocenters. The Bertz CT molecular complexity index is 645. The zero-order chi connectivity index (χ0) is 16.2. The molecule has 0 radical (unpaired) electrons. The van der Waals surface area contributed by atoms with E-state index in [-0.39, 0.29) is 11.4 Å². The van der Waals surface area contributed by atoms with Crippen molar-refractivity contribution in [1.82, 2.24) is 5.32 Å². The van der Waals surface area contributed by atoms with Crippen molar-refractivity contribution in [2.75, 3.05) is 7.11 Å². The highest BCUT2D eigenvalue weighted by Crippen LogP contribution is 2.31. The molecule has 0 heterocycles. The number of rotatable bonds is 4. The first kappa shape index (κ1) is 16.4. The van der Waals surface area contributed by atoms with E-state index < -0.39 is 0 Å². The zero-order valence-corrected chi connectivity index (χ0v) is 14.2. The summed E-state index contributed by atoms with van der Waals surface area (Å²) in [6, 6.07) is 15.5. The van der Waals surface area contributed by atoms with E-state index in [1.807, 2.05) is 69.3 Å². The second-order valence-corrected chi connectivity index (χ2v) is 7.09. The van der Waals surface area contributed by atoms with Gasteiger partial charge in [-0.1, -0.05) is 23.9 Å². The van der Waals surface area contributed by atoms with E-state index in [1.54, 1.807) is 18.9 Å². The summed E-state index contributed by atoms with van der Waals surface area (Å²) in [6.07, 6.45) is 0. The molecule has 22 heavy (non-hydrogen) atoms. The van der Waals surface area contributed by atoms with Crippen molar-refractivity contribution < 1.29 is 9.53 Å². The van der Waals surface area contributed by atoms with Gasteiger partial charge in [0.25, 0.3) is 5.91 Å². The average molecular weight is 315 g/mol. The number of ether oxygens (including phenoxy) is 1. The molecule has 0 aromatic heterocycles. The Morgan fingerprint density at radius 3 is 2.27 bits per heavy atom. The number of amides is 1. The predicted octanol–water partition coefficient (Wildman–Crippen LogP) is 4.37. The summed E-state index contributed by atoms with van der Waals surface area (Å²) in [5, 5.41) is 3.01.